The van der Waals surface area contributed by atoms with Crippen molar-refractivity contribution in [1.82, 2.24) is 25.3 Å². The molecule has 1 amide bonds. The molecule has 2 N–H and O–H groups in total. The molecule has 6 nitrogen and oxygen atoms in total. The van der Waals surface area contributed by atoms with Crippen LogP contribution in [0.5, 0.6) is 0 Å². The molecule has 0 unspecified atom stereocenters. The van der Waals surface area contributed by atoms with Crippen LogP contribution in [-0.4, -0.2) is 65.7 Å². The Kier molecular flexibility index (Phi) is 6.69. The lowest BCUT2D eigenvalue weighted by atomic mass is 10.0. The number of H-pyrrole nitrogens is 1. The van der Waals surface area contributed by atoms with Crippen molar-refractivity contribution in [3.8, 4) is 11.3 Å². The minimum Gasteiger partial charge on any atom is -0.343 e. The molecule has 1 aromatic heterocycles. The fourth-order valence-corrected chi connectivity index (χ4v) is 4.39. The number of amides is 1. The van der Waals surface area contributed by atoms with Crippen LogP contribution >= 0.6 is 15.9 Å². The summed E-state index contributed by atoms with van der Waals surface area (Å²) in [4.78, 5) is 16.3. The zero-order valence-electron chi connectivity index (χ0n) is 17.8. The van der Waals surface area contributed by atoms with E-state index in [1.54, 1.807) is 17.0 Å². The van der Waals surface area contributed by atoms with Crippen molar-refractivity contribution in [1.29, 1.82) is 0 Å². The number of carbonyl (C=O) groups is 1. The van der Waals surface area contributed by atoms with Crippen LogP contribution in [0.2, 0.25) is 0 Å². The van der Waals surface area contributed by atoms with Crippen LogP contribution in [0.1, 0.15) is 18.4 Å². The molecule has 2 aromatic carbocycles. The highest BCUT2D eigenvalue weighted by Crippen LogP contribution is 2.30. The third-order valence-electron chi connectivity index (χ3n) is 5.82. The van der Waals surface area contributed by atoms with E-state index in [9.17, 15) is 9.18 Å². The van der Waals surface area contributed by atoms with Crippen molar-refractivity contribution in [2.24, 2.45) is 0 Å². The molecule has 0 bridgehead atoms. The van der Waals surface area contributed by atoms with Crippen molar-refractivity contribution < 1.29 is 9.18 Å². The zero-order chi connectivity index (χ0) is 22.0. The summed E-state index contributed by atoms with van der Waals surface area (Å²) in [5, 5.41) is 11.4. The number of hydrogen-bond donors (Lipinski definition) is 2. The fraction of sp³-hybridized carbons (Fsp3) is 0.391. The minimum atomic E-state index is -0.290. The maximum atomic E-state index is 14.9. The summed E-state index contributed by atoms with van der Waals surface area (Å²) < 4.78 is 15.9. The van der Waals surface area contributed by atoms with Crippen molar-refractivity contribution >= 4 is 32.7 Å². The minimum absolute atomic E-state index is 0.0452. The van der Waals surface area contributed by atoms with Gasteiger partial charge < -0.3 is 15.1 Å². The Morgan fingerprint density at radius 1 is 1.23 bits per heavy atom. The van der Waals surface area contributed by atoms with Gasteiger partial charge in [0.05, 0.1) is 11.6 Å². The predicted molar refractivity (Wildman–Crippen MR) is 124 cm³/mol. The Bertz CT molecular complexity index is 1080. The van der Waals surface area contributed by atoms with Gasteiger partial charge in [-0.25, -0.2) is 4.39 Å². The van der Waals surface area contributed by atoms with Gasteiger partial charge in [-0.05, 0) is 62.3 Å². The number of aromatic amines is 1. The molecule has 31 heavy (non-hydrogen) atoms. The maximum absolute atomic E-state index is 14.9. The molecular formula is C23H27BrFN5O. The van der Waals surface area contributed by atoms with E-state index < -0.39 is 0 Å². The Labute approximate surface area is 189 Å². The largest absolute Gasteiger partial charge is 0.343 e. The van der Waals surface area contributed by atoms with Gasteiger partial charge >= 0.3 is 0 Å². The van der Waals surface area contributed by atoms with Crippen molar-refractivity contribution in [3.63, 3.8) is 0 Å². The van der Waals surface area contributed by atoms with Gasteiger partial charge in [0.15, 0.2) is 0 Å². The Balaban J connectivity index is 1.38. The molecule has 1 atom stereocenters. The molecule has 0 spiro atoms. The van der Waals surface area contributed by atoms with E-state index in [-0.39, 0.29) is 17.8 Å². The van der Waals surface area contributed by atoms with Crippen LogP contribution in [0.15, 0.2) is 40.9 Å². The lowest BCUT2D eigenvalue weighted by Gasteiger charge is -2.24. The predicted octanol–water partition coefficient (Wildman–Crippen LogP) is 3.77. The lowest BCUT2D eigenvalue weighted by Crippen LogP contribution is -2.44. The molecule has 8 heteroatoms. The number of hydrogen-bond acceptors (Lipinski definition) is 4. The normalized spacial score (nSPS) is 16.4. The van der Waals surface area contributed by atoms with Gasteiger partial charge in [-0.2, -0.15) is 5.10 Å². The van der Waals surface area contributed by atoms with Crippen molar-refractivity contribution in [2.45, 2.75) is 25.4 Å². The average molecular weight is 488 g/mol. The third kappa shape index (κ3) is 4.97. The monoisotopic (exact) mass is 487 g/mol. The second-order valence-corrected chi connectivity index (χ2v) is 9.14. The standard InChI is InChI=1S/C23H27BrFN5O/c1-29(10-11-30(2)23(31)20-4-3-9-26-20)14-15-5-7-17(19(25)12-15)22-18-8-6-16(24)13-21(18)27-28-22/h5-8,12-13,20,26H,3-4,9-11,14H2,1-2H3,(H,27,28)/t20-/m0/s1. The molecule has 2 heterocycles. The van der Waals surface area contributed by atoms with E-state index in [1.807, 2.05) is 38.4 Å². The van der Waals surface area contributed by atoms with E-state index in [1.165, 1.54) is 0 Å². The Morgan fingerprint density at radius 2 is 2.06 bits per heavy atom. The fourth-order valence-electron chi connectivity index (χ4n) is 4.03. The highest BCUT2D eigenvalue weighted by atomic mass is 79.9. The van der Waals surface area contributed by atoms with E-state index in [0.29, 0.717) is 24.3 Å². The van der Waals surface area contributed by atoms with Gasteiger partial charge in [0.1, 0.15) is 11.5 Å². The van der Waals surface area contributed by atoms with Gasteiger partial charge in [0.25, 0.3) is 0 Å². The lowest BCUT2D eigenvalue weighted by molar-refractivity contribution is -0.131. The first kappa shape index (κ1) is 21.9. The molecule has 0 aliphatic carbocycles. The van der Waals surface area contributed by atoms with Crippen LogP contribution in [0.25, 0.3) is 22.2 Å². The molecular weight excluding hydrogens is 461 g/mol. The molecule has 3 aromatic rings. The Hall–Kier alpha value is -2.29. The number of rotatable bonds is 7. The van der Waals surface area contributed by atoms with E-state index in [4.69, 9.17) is 0 Å². The summed E-state index contributed by atoms with van der Waals surface area (Å²) in [7, 11) is 3.83. The van der Waals surface area contributed by atoms with Gasteiger partial charge in [-0.3, -0.25) is 9.89 Å². The zero-order valence-corrected chi connectivity index (χ0v) is 19.4. The second-order valence-electron chi connectivity index (χ2n) is 8.22. The van der Waals surface area contributed by atoms with Crippen LogP contribution < -0.4 is 5.32 Å². The first-order valence-electron chi connectivity index (χ1n) is 10.5. The SMILES string of the molecule is CN(CCN(C)C(=O)[C@@H]1CCCN1)Cc1ccc(-c2n[nH]c3cc(Br)ccc23)c(F)c1. The number of fused-ring (bicyclic) bond motifs is 1. The maximum Gasteiger partial charge on any atom is 0.239 e. The molecule has 1 aliphatic rings. The van der Waals surface area contributed by atoms with Gasteiger partial charge in [0.2, 0.25) is 5.91 Å². The smallest absolute Gasteiger partial charge is 0.239 e. The summed E-state index contributed by atoms with van der Waals surface area (Å²) in [6, 6.07) is 11.0. The molecule has 0 saturated carbocycles. The highest BCUT2D eigenvalue weighted by Gasteiger charge is 2.24. The topological polar surface area (TPSA) is 64.3 Å². The van der Waals surface area contributed by atoms with E-state index >= 15 is 0 Å². The first-order valence-corrected chi connectivity index (χ1v) is 11.3. The van der Waals surface area contributed by atoms with Crippen molar-refractivity contribution in [3.05, 3.63) is 52.3 Å². The highest BCUT2D eigenvalue weighted by molar-refractivity contribution is 9.10. The number of aromatic nitrogens is 2. The summed E-state index contributed by atoms with van der Waals surface area (Å²) in [6.45, 7) is 2.88. The number of halogens is 2. The number of likely N-dealkylation sites (N-methyl/N-ethyl adjacent to an activating group) is 2. The number of carbonyl (C=O) groups excluding carboxylic acids is 1. The molecule has 4 rings (SSSR count). The first-order chi connectivity index (χ1) is 14.9. The van der Waals surface area contributed by atoms with Crippen LogP contribution in [0.4, 0.5) is 4.39 Å². The number of benzene rings is 2. The quantitative estimate of drug-likeness (QED) is 0.532. The molecule has 0 radical (unpaired) electrons. The van der Waals surface area contributed by atoms with E-state index in [2.05, 4.69) is 36.3 Å². The van der Waals surface area contributed by atoms with Crippen LogP contribution in [-0.2, 0) is 11.3 Å². The molecule has 1 fully saturated rings. The number of nitrogens with one attached hydrogen (secondary N) is 2. The van der Waals surface area contributed by atoms with Gasteiger partial charge in [-0.15, -0.1) is 0 Å². The van der Waals surface area contributed by atoms with Gasteiger partial charge in [0, 0.05) is 42.1 Å². The van der Waals surface area contributed by atoms with Crippen LogP contribution in [0.3, 0.4) is 0 Å². The van der Waals surface area contributed by atoms with Crippen LogP contribution in [0, 0.1) is 5.82 Å². The average Bonchev–Trinajstić information content (AvgIpc) is 3.41. The van der Waals surface area contributed by atoms with Crippen molar-refractivity contribution in [2.75, 3.05) is 33.7 Å². The second kappa shape index (κ2) is 9.46. The third-order valence-corrected chi connectivity index (χ3v) is 6.31. The van der Waals surface area contributed by atoms with Gasteiger partial charge in [-0.1, -0.05) is 22.0 Å². The molecule has 164 valence electrons. The number of nitrogens with zero attached hydrogens (tertiary/aromatic N) is 3. The summed E-state index contributed by atoms with van der Waals surface area (Å²) in [5.74, 6) is -0.138. The summed E-state index contributed by atoms with van der Waals surface area (Å²) >= 11 is 3.44. The Morgan fingerprint density at radius 3 is 2.81 bits per heavy atom. The molecule has 1 saturated heterocycles. The van der Waals surface area contributed by atoms with E-state index in [0.717, 1.165) is 46.9 Å². The summed E-state index contributed by atoms with van der Waals surface area (Å²) in [5.41, 5.74) is 2.84. The molecule has 1 aliphatic heterocycles. The summed E-state index contributed by atoms with van der Waals surface area (Å²) in [6.07, 6.45) is 1.96.